The summed E-state index contributed by atoms with van der Waals surface area (Å²) in [6, 6.07) is 3.00. The van der Waals surface area contributed by atoms with Crippen LogP contribution in [0.4, 0.5) is 8.78 Å². The summed E-state index contributed by atoms with van der Waals surface area (Å²) in [5.41, 5.74) is 0. The Morgan fingerprint density at radius 1 is 0.710 bits per heavy atom. The lowest BCUT2D eigenvalue weighted by Crippen LogP contribution is -2.27. The number of benzene rings is 1. The Bertz CT molecular complexity index is 647. The Labute approximate surface area is 188 Å². The Morgan fingerprint density at radius 3 is 1.81 bits per heavy atom. The molecule has 0 N–H and O–H groups in total. The molecule has 2 aliphatic rings. The molecule has 2 fully saturated rings. The fourth-order valence-corrected chi connectivity index (χ4v) is 5.66. The average molecular weight is 437 g/mol. The molecule has 0 bridgehead atoms. The number of rotatable bonds is 11. The van der Waals surface area contributed by atoms with Crippen molar-refractivity contribution in [1.82, 2.24) is 0 Å². The monoisotopic (exact) mass is 436 g/mol. The third-order valence-corrected chi connectivity index (χ3v) is 7.64. The van der Waals surface area contributed by atoms with Crippen molar-refractivity contribution in [3.8, 4) is 11.5 Å². The molecule has 0 spiro atoms. The first-order chi connectivity index (χ1) is 15.1. The van der Waals surface area contributed by atoms with Crippen molar-refractivity contribution in [3.63, 3.8) is 0 Å². The van der Waals surface area contributed by atoms with Gasteiger partial charge >= 0.3 is 0 Å². The van der Waals surface area contributed by atoms with Crippen molar-refractivity contribution in [2.75, 3.05) is 13.2 Å². The molecule has 0 aromatic heterocycles. The van der Waals surface area contributed by atoms with Crippen LogP contribution in [-0.4, -0.2) is 13.2 Å². The fraction of sp³-hybridized carbons (Fsp3) is 0.778. The number of hydrogen-bond donors (Lipinski definition) is 0. The minimum atomic E-state index is -0.934. The highest BCUT2D eigenvalue weighted by Crippen LogP contribution is 2.42. The van der Waals surface area contributed by atoms with E-state index in [9.17, 15) is 8.78 Å². The van der Waals surface area contributed by atoms with E-state index in [2.05, 4.69) is 13.8 Å². The molecule has 2 nitrogen and oxygen atoms in total. The lowest BCUT2D eigenvalue weighted by atomic mass is 9.69. The third kappa shape index (κ3) is 7.08. The molecule has 0 radical (unpaired) electrons. The van der Waals surface area contributed by atoms with Gasteiger partial charge in [0.05, 0.1) is 13.2 Å². The average Bonchev–Trinajstić information content (AvgIpc) is 2.80. The lowest BCUT2D eigenvalue weighted by Gasteiger charge is -2.37. The Kier molecular flexibility index (Phi) is 9.93. The van der Waals surface area contributed by atoms with Crippen LogP contribution in [0.3, 0.4) is 0 Å². The SMILES string of the molecule is CCCCCOc1ccc(OCC2CCC(C3CCC(CCC)CC3)CC2)c(F)c1F. The molecule has 176 valence electrons. The van der Waals surface area contributed by atoms with Gasteiger partial charge in [0, 0.05) is 0 Å². The first kappa shape index (κ1) is 24.3. The smallest absolute Gasteiger partial charge is 0.204 e. The minimum absolute atomic E-state index is 0.00905. The van der Waals surface area contributed by atoms with Gasteiger partial charge < -0.3 is 9.47 Å². The predicted octanol–water partition coefficient (Wildman–Crippen LogP) is 8.33. The summed E-state index contributed by atoms with van der Waals surface area (Å²) < 4.78 is 39.8. The number of hydrogen-bond acceptors (Lipinski definition) is 2. The van der Waals surface area contributed by atoms with Crippen LogP contribution >= 0.6 is 0 Å². The number of unbranched alkanes of at least 4 members (excludes halogenated alkanes) is 2. The third-order valence-electron chi connectivity index (χ3n) is 7.64. The molecule has 0 saturated heterocycles. The van der Waals surface area contributed by atoms with Crippen LogP contribution < -0.4 is 9.47 Å². The largest absolute Gasteiger partial charge is 0.490 e. The van der Waals surface area contributed by atoms with Crippen LogP contribution in [0, 0.1) is 35.3 Å². The molecule has 0 atom stereocenters. The quantitative estimate of drug-likeness (QED) is 0.325. The van der Waals surface area contributed by atoms with E-state index < -0.39 is 11.6 Å². The standard InChI is InChI=1S/C27H42F2O2/c1-3-5-6-18-30-24-16-17-25(27(29)26(24)28)31-19-21-10-14-23(15-11-21)22-12-8-20(7-4-2)9-13-22/h16-17,20-23H,3-15,18-19H2,1-2H3. The van der Waals surface area contributed by atoms with Gasteiger partial charge in [-0.05, 0) is 80.8 Å². The van der Waals surface area contributed by atoms with Crippen LogP contribution in [0.5, 0.6) is 11.5 Å². The molecule has 1 aromatic carbocycles. The maximum atomic E-state index is 14.4. The molecule has 0 heterocycles. The molecule has 31 heavy (non-hydrogen) atoms. The van der Waals surface area contributed by atoms with Gasteiger partial charge in [-0.3, -0.25) is 0 Å². The predicted molar refractivity (Wildman–Crippen MR) is 123 cm³/mol. The molecular weight excluding hydrogens is 394 g/mol. The zero-order valence-corrected chi connectivity index (χ0v) is 19.6. The first-order valence-electron chi connectivity index (χ1n) is 12.9. The molecule has 0 amide bonds. The topological polar surface area (TPSA) is 18.5 Å². The van der Waals surface area contributed by atoms with E-state index in [-0.39, 0.29) is 11.5 Å². The summed E-state index contributed by atoms with van der Waals surface area (Å²) in [5.74, 6) is 1.31. The minimum Gasteiger partial charge on any atom is -0.490 e. The summed E-state index contributed by atoms with van der Waals surface area (Å²) in [6.45, 7) is 5.28. The van der Waals surface area contributed by atoms with Crippen LogP contribution in [-0.2, 0) is 0 Å². The summed E-state index contributed by atoms with van der Waals surface area (Å²) in [5, 5.41) is 0. The molecule has 1 aromatic rings. The number of ether oxygens (including phenoxy) is 2. The molecular formula is C27H42F2O2. The number of halogens is 2. The van der Waals surface area contributed by atoms with E-state index in [0.717, 1.165) is 49.9 Å². The van der Waals surface area contributed by atoms with Crippen LogP contribution in [0.15, 0.2) is 12.1 Å². The second-order valence-electron chi connectivity index (χ2n) is 9.91. The van der Waals surface area contributed by atoms with Gasteiger partial charge in [0.1, 0.15) is 0 Å². The van der Waals surface area contributed by atoms with Crippen LogP contribution in [0.25, 0.3) is 0 Å². The highest BCUT2D eigenvalue weighted by molar-refractivity contribution is 5.35. The van der Waals surface area contributed by atoms with Crippen molar-refractivity contribution < 1.29 is 18.3 Å². The Morgan fingerprint density at radius 2 is 1.26 bits per heavy atom. The van der Waals surface area contributed by atoms with Crippen molar-refractivity contribution in [2.45, 2.75) is 97.3 Å². The lowest BCUT2D eigenvalue weighted by molar-refractivity contribution is 0.120. The summed E-state index contributed by atoms with van der Waals surface area (Å²) in [4.78, 5) is 0. The highest BCUT2D eigenvalue weighted by atomic mass is 19.2. The normalized spacial score (nSPS) is 26.6. The molecule has 2 saturated carbocycles. The van der Waals surface area contributed by atoms with Gasteiger partial charge in [0.25, 0.3) is 0 Å². The summed E-state index contributed by atoms with van der Waals surface area (Å²) in [6.07, 6.45) is 16.1. The Balaban J connectivity index is 1.40. The van der Waals surface area contributed by atoms with Gasteiger partial charge in [-0.2, -0.15) is 8.78 Å². The van der Waals surface area contributed by atoms with E-state index in [0.29, 0.717) is 19.1 Å². The zero-order valence-electron chi connectivity index (χ0n) is 19.6. The van der Waals surface area contributed by atoms with E-state index in [4.69, 9.17) is 9.47 Å². The van der Waals surface area contributed by atoms with Crippen LogP contribution in [0.1, 0.15) is 97.3 Å². The van der Waals surface area contributed by atoms with E-state index in [1.807, 2.05) is 0 Å². The van der Waals surface area contributed by atoms with Gasteiger partial charge in [0.2, 0.25) is 11.6 Å². The van der Waals surface area contributed by atoms with E-state index >= 15 is 0 Å². The second kappa shape index (κ2) is 12.6. The molecule has 4 heteroatoms. The van der Waals surface area contributed by atoms with Crippen molar-refractivity contribution >= 4 is 0 Å². The fourth-order valence-electron chi connectivity index (χ4n) is 5.66. The van der Waals surface area contributed by atoms with Crippen molar-refractivity contribution in [3.05, 3.63) is 23.8 Å². The van der Waals surface area contributed by atoms with Gasteiger partial charge in [-0.1, -0.05) is 52.4 Å². The maximum Gasteiger partial charge on any atom is 0.204 e. The van der Waals surface area contributed by atoms with Gasteiger partial charge in [-0.25, -0.2) is 0 Å². The second-order valence-corrected chi connectivity index (χ2v) is 9.91. The van der Waals surface area contributed by atoms with Gasteiger partial charge in [0.15, 0.2) is 11.5 Å². The molecule has 2 aliphatic carbocycles. The Hall–Kier alpha value is -1.32. The van der Waals surface area contributed by atoms with Crippen molar-refractivity contribution in [1.29, 1.82) is 0 Å². The summed E-state index contributed by atoms with van der Waals surface area (Å²) in [7, 11) is 0. The van der Waals surface area contributed by atoms with Crippen LogP contribution in [0.2, 0.25) is 0 Å². The zero-order chi connectivity index (χ0) is 22.1. The van der Waals surface area contributed by atoms with E-state index in [1.54, 1.807) is 0 Å². The molecule has 0 unspecified atom stereocenters. The molecule has 0 aliphatic heterocycles. The van der Waals surface area contributed by atoms with Crippen molar-refractivity contribution in [2.24, 2.45) is 23.7 Å². The molecule has 3 rings (SSSR count). The van der Waals surface area contributed by atoms with Gasteiger partial charge in [-0.15, -0.1) is 0 Å². The first-order valence-corrected chi connectivity index (χ1v) is 12.9. The van der Waals surface area contributed by atoms with E-state index in [1.165, 1.54) is 63.5 Å². The summed E-state index contributed by atoms with van der Waals surface area (Å²) >= 11 is 0. The highest BCUT2D eigenvalue weighted by Gasteiger charge is 2.31. The maximum absolute atomic E-state index is 14.4.